The van der Waals surface area contributed by atoms with E-state index in [1.165, 1.54) is 0 Å². The monoisotopic (exact) mass is 216 g/mol. The third-order valence-electron chi connectivity index (χ3n) is 3.34. The third-order valence-corrected chi connectivity index (χ3v) is 3.34. The van der Waals surface area contributed by atoms with Gasteiger partial charge in [0.1, 0.15) is 6.29 Å². The highest BCUT2D eigenvalue weighted by Gasteiger charge is 2.26. The van der Waals surface area contributed by atoms with E-state index in [0.29, 0.717) is 12.3 Å². The number of ketones is 1. The normalized spacial score (nSPS) is 24.2. The first kappa shape index (κ1) is 11.1. The molecule has 0 aliphatic heterocycles. The molecule has 0 aromatic heterocycles. The highest BCUT2D eigenvalue weighted by atomic mass is 16.1. The van der Waals surface area contributed by atoms with Gasteiger partial charge in [-0.3, -0.25) is 4.79 Å². The SMILES string of the molecule is O=CC1CC[C@@H](CC(=O)c2ccccc2)C1. The Balaban J connectivity index is 1.91. The lowest BCUT2D eigenvalue weighted by atomic mass is 9.96. The van der Waals surface area contributed by atoms with Crippen LogP contribution in [0.15, 0.2) is 30.3 Å². The summed E-state index contributed by atoms with van der Waals surface area (Å²) in [5.74, 6) is 0.800. The first-order valence-corrected chi connectivity index (χ1v) is 5.83. The maximum atomic E-state index is 11.9. The molecule has 0 amide bonds. The molecule has 1 unspecified atom stereocenters. The molecule has 1 aliphatic rings. The van der Waals surface area contributed by atoms with Crippen molar-refractivity contribution < 1.29 is 9.59 Å². The van der Waals surface area contributed by atoms with Gasteiger partial charge in [-0.15, -0.1) is 0 Å². The highest BCUT2D eigenvalue weighted by Crippen LogP contribution is 2.32. The molecule has 0 spiro atoms. The summed E-state index contributed by atoms with van der Waals surface area (Å²) in [7, 11) is 0. The van der Waals surface area contributed by atoms with Crippen LogP contribution >= 0.6 is 0 Å². The zero-order chi connectivity index (χ0) is 11.4. The summed E-state index contributed by atoms with van der Waals surface area (Å²) in [6, 6.07) is 9.39. The minimum Gasteiger partial charge on any atom is -0.303 e. The third kappa shape index (κ3) is 2.57. The number of benzene rings is 1. The Morgan fingerprint density at radius 1 is 1.25 bits per heavy atom. The molecule has 2 nitrogen and oxygen atoms in total. The quantitative estimate of drug-likeness (QED) is 0.573. The van der Waals surface area contributed by atoms with Gasteiger partial charge in [0.05, 0.1) is 0 Å². The fraction of sp³-hybridized carbons (Fsp3) is 0.429. The topological polar surface area (TPSA) is 34.1 Å². The fourth-order valence-electron chi connectivity index (χ4n) is 2.43. The van der Waals surface area contributed by atoms with E-state index in [2.05, 4.69) is 0 Å². The van der Waals surface area contributed by atoms with Crippen molar-refractivity contribution >= 4 is 12.1 Å². The van der Waals surface area contributed by atoms with Crippen molar-refractivity contribution in [2.24, 2.45) is 11.8 Å². The number of aldehydes is 1. The summed E-state index contributed by atoms with van der Waals surface area (Å²) in [4.78, 5) is 22.5. The second-order valence-electron chi connectivity index (χ2n) is 4.57. The van der Waals surface area contributed by atoms with Gasteiger partial charge in [-0.05, 0) is 25.2 Å². The second-order valence-corrected chi connectivity index (χ2v) is 4.57. The van der Waals surface area contributed by atoms with Crippen LogP contribution in [0.1, 0.15) is 36.0 Å². The van der Waals surface area contributed by atoms with Gasteiger partial charge < -0.3 is 4.79 Å². The van der Waals surface area contributed by atoms with E-state index in [1.807, 2.05) is 30.3 Å². The van der Waals surface area contributed by atoms with Crippen LogP contribution in [0.3, 0.4) is 0 Å². The number of hydrogen-bond acceptors (Lipinski definition) is 2. The van der Waals surface area contributed by atoms with Crippen molar-refractivity contribution in [3.05, 3.63) is 35.9 Å². The summed E-state index contributed by atoms with van der Waals surface area (Å²) in [5.41, 5.74) is 0.789. The van der Waals surface area contributed by atoms with E-state index in [0.717, 1.165) is 31.1 Å². The van der Waals surface area contributed by atoms with E-state index in [4.69, 9.17) is 0 Å². The summed E-state index contributed by atoms with van der Waals surface area (Å²) in [6.07, 6.45) is 4.49. The van der Waals surface area contributed by atoms with E-state index < -0.39 is 0 Å². The maximum absolute atomic E-state index is 11.9. The molecule has 84 valence electrons. The van der Waals surface area contributed by atoms with Crippen molar-refractivity contribution in [3.63, 3.8) is 0 Å². The lowest BCUT2D eigenvalue weighted by molar-refractivity contribution is -0.111. The molecule has 0 heterocycles. The average molecular weight is 216 g/mol. The van der Waals surface area contributed by atoms with E-state index in [-0.39, 0.29) is 11.7 Å². The van der Waals surface area contributed by atoms with Gasteiger partial charge in [0.2, 0.25) is 0 Å². The molecule has 2 rings (SSSR count). The van der Waals surface area contributed by atoms with Crippen LogP contribution in [0.4, 0.5) is 0 Å². The first-order valence-electron chi connectivity index (χ1n) is 5.83. The van der Waals surface area contributed by atoms with Crippen LogP contribution < -0.4 is 0 Å². The van der Waals surface area contributed by atoms with Crippen LogP contribution in [0.2, 0.25) is 0 Å². The number of carbonyl (C=O) groups excluding carboxylic acids is 2. The average Bonchev–Trinajstić information content (AvgIpc) is 2.78. The Bertz CT molecular complexity index is 370. The Morgan fingerprint density at radius 2 is 2.00 bits per heavy atom. The zero-order valence-corrected chi connectivity index (χ0v) is 9.26. The Hall–Kier alpha value is -1.44. The molecule has 1 saturated carbocycles. The van der Waals surface area contributed by atoms with Crippen molar-refractivity contribution in [1.82, 2.24) is 0 Å². The van der Waals surface area contributed by atoms with Crippen LogP contribution in [-0.2, 0) is 4.79 Å². The van der Waals surface area contributed by atoms with Crippen LogP contribution in [-0.4, -0.2) is 12.1 Å². The molecule has 1 aromatic carbocycles. The summed E-state index contributed by atoms with van der Waals surface area (Å²) >= 11 is 0. The highest BCUT2D eigenvalue weighted by molar-refractivity contribution is 5.96. The molecule has 1 aromatic rings. The van der Waals surface area contributed by atoms with Crippen LogP contribution in [0.5, 0.6) is 0 Å². The van der Waals surface area contributed by atoms with Gasteiger partial charge in [-0.25, -0.2) is 0 Å². The molecule has 16 heavy (non-hydrogen) atoms. The number of Topliss-reactive ketones (excluding diaryl/α,β-unsaturated/α-hetero) is 1. The molecule has 2 heteroatoms. The predicted octanol–water partition coefficient (Wildman–Crippen LogP) is 2.87. The lowest BCUT2D eigenvalue weighted by Crippen LogP contribution is -2.06. The summed E-state index contributed by atoms with van der Waals surface area (Å²) in [6.45, 7) is 0. The molecule has 0 N–H and O–H groups in total. The maximum Gasteiger partial charge on any atom is 0.163 e. The van der Waals surface area contributed by atoms with Crippen molar-refractivity contribution in [2.45, 2.75) is 25.7 Å². The number of hydrogen-bond donors (Lipinski definition) is 0. The van der Waals surface area contributed by atoms with Gasteiger partial charge in [0, 0.05) is 17.9 Å². The predicted molar refractivity (Wildman–Crippen MR) is 62.3 cm³/mol. The van der Waals surface area contributed by atoms with Crippen LogP contribution in [0, 0.1) is 11.8 Å². The Morgan fingerprint density at radius 3 is 2.62 bits per heavy atom. The van der Waals surface area contributed by atoms with Gasteiger partial charge >= 0.3 is 0 Å². The first-order chi connectivity index (χ1) is 7.79. The molecule has 1 fully saturated rings. The van der Waals surface area contributed by atoms with Crippen molar-refractivity contribution in [3.8, 4) is 0 Å². The van der Waals surface area contributed by atoms with Gasteiger partial charge in [-0.2, -0.15) is 0 Å². The van der Waals surface area contributed by atoms with Gasteiger partial charge in [-0.1, -0.05) is 30.3 Å². The van der Waals surface area contributed by atoms with Crippen molar-refractivity contribution in [1.29, 1.82) is 0 Å². The fourth-order valence-corrected chi connectivity index (χ4v) is 2.43. The van der Waals surface area contributed by atoms with Crippen LogP contribution in [0.25, 0.3) is 0 Å². The zero-order valence-electron chi connectivity index (χ0n) is 9.26. The Labute approximate surface area is 95.7 Å². The van der Waals surface area contributed by atoms with E-state index in [1.54, 1.807) is 0 Å². The van der Waals surface area contributed by atoms with Gasteiger partial charge in [0.15, 0.2) is 5.78 Å². The minimum absolute atomic E-state index is 0.188. The summed E-state index contributed by atoms with van der Waals surface area (Å²) in [5, 5.41) is 0. The lowest BCUT2D eigenvalue weighted by Gasteiger charge is -2.07. The smallest absolute Gasteiger partial charge is 0.163 e. The molecule has 0 saturated heterocycles. The Kier molecular flexibility index (Phi) is 3.50. The molecule has 0 bridgehead atoms. The summed E-state index contributed by atoms with van der Waals surface area (Å²) < 4.78 is 0. The standard InChI is InChI=1S/C14H16O2/c15-10-12-7-6-11(8-12)9-14(16)13-4-2-1-3-5-13/h1-5,10-12H,6-9H2/t11-,12?/m1/s1. The second kappa shape index (κ2) is 5.06. The minimum atomic E-state index is 0.188. The van der Waals surface area contributed by atoms with E-state index >= 15 is 0 Å². The molecule has 2 atom stereocenters. The van der Waals surface area contributed by atoms with Gasteiger partial charge in [0.25, 0.3) is 0 Å². The molecular formula is C14H16O2. The van der Waals surface area contributed by atoms with Crippen molar-refractivity contribution in [2.75, 3.05) is 0 Å². The molecular weight excluding hydrogens is 200 g/mol. The van der Waals surface area contributed by atoms with E-state index in [9.17, 15) is 9.59 Å². The molecule has 0 radical (unpaired) electrons. The number of carbonyl (C=O) groups is 2. The largest absolute Gasteiger partial charge is 0.303 e. The number of rotatable bonds is 4. The molecule has 1 aliphatic carbocycles.